The van der Waals surface area contributed by atoms with Crippen LogP contribution in [0.25, 0.3) is 10.9 Å². The number of piperidine rings is 1. The maximum atomic E-state index is 5.45. The number of anilines is 1. The van der Waals surface area contributed by atoms with Gasteiger partial charge in [-0.2, -0.15) is 0 Å². The van der Waals surface area contributed by atoms with E-state index in [0.29, 0.717) is 0 Å². The van der Waals surface area contributed by atoms with Crippen LogP contribution >= 0.6 is 11.8 Å². The summed E-state index contributed by atoms with van der Waals surface area (Å²) >= 11 is 1.56. The molecule has 0 saturated carbocycles. The lowest BCUT2D eigenvalue weighted by molar-refractivity contribution is 0.116. The summed E-state index contributed by atoms with van der Waals surface area (Å²) in [7, 11) is 1.71. The van der Waals surface area contributed by atoms with Crippen molar-refractivity contribution in [2.75, 3.05) is 31.4 Å². The third-order valence-electron chi connectivity index (χ3n) is 4.15. The lowest BCUT2D eigenvalue weighted by Gasteiger charge is -2.29. The summed E-state index contributed by atoms with van der Waals surface area (Å²) in [5.74, 6) is 0.980. The van der Waals surface area contributed by atoms with Crippen molar-refractivity contribution in [1.29, 1.82) is 0 Å². The average Bonchev–Trinajstić information content (AvgIpc) is 2.60. The summed E-state index contributed by atoms with van der Waals surface area (Å²) in [6, 6.07) is 2.04. The second-order valence-electron chi connectivity index (χ2n) is 5.59. The molecule has 5 nitrogen and oxygen atoms in total. The van der Waals surface area contributed by atoms with E-state index >= 15 is 0 Å². The highest BCUT2D eigenvalue weighted by Gasteiger charge is 2.19. The van der Waals surface area contributed by atoms with Gasteiger partial charge in [0.2, 0.25) is 0 Å². The molecule has 0 radical (unpaired) electrons. The van der Waals surface area contributed by atoms with E-state index in [1.54, 1.807) is 18.9 Å². The summed E-state index contributed by atoms with van der Waals surface area (Å²) < 4.78 is 5.45. The third kappa shape index (κ3) is 3.03. The number of aromatic nitrogens is 3. The van der Waals surface area contributed by atoms with Crippen LogP contribution in [0.3, 0.4) is 0 Å². The Morgan fingerprint density at radius 1 is 1.23 bits per heavy atom. The lowest BCUT2D eigenvalue weighted by Crippen LogP contribution is -2.30. The third-order valence-corrected chi connectivity index (χ3v) is 4.72. The van der Waals surface area contributed by atoms with Gasteiger partial charge in [-0.05, 0) is 38.5 Å². The molecule has 118 valence electrons. The standard InChI is InChI=1S/C16H22N4OS/c1-11(21-2)13-9-12-10-17-16(22-3)19-14(12)15(18-13)20-7-5-4-6-8-20/h9-11H,4-8H2,1-3H3/t11-/m1/s1. The minimum Gasteiger partial charge on any atom is -0.375 e. The first-order valence-electron chi connectivity index (χ1n) is 7.72. The van der Waals surface area contributed by atoms with Crippen LogP contribution in [-0.2, 0) is 4.74 Å². The second kappa shape index (κ2) is 6.79. The van der Waals surface area contributed by atoms with Crippen LogP contribution in [0.1, 0.15) is 38.0 Å². The van der Waals surface area contributed by atoms with Crippen LogP contribution in [-0.4, -0.2) is 41.4 Å². The van der Waals surface area contributed by atoms with Crippen LogP contribution in [0.5, 0.6) is 0 Å². The minimum absolute atomic E-state index is 0.0341. The van der Waals surface area contributed by atoms with Crippen molar-refractivity contribution in [3.05, 3.63) is 18.0 Å². The number of thioether (sulfide) groups is 1. The van der Waals surface area contributed by atoms with Crippen LogP contribution in [0, 0.1) is 0 Å². The predicted molar refractivity (Wildman–Crippen MR) is 90.6 cm³/mol. The molecule has 6 heteroatoms. The molecule has 1 saturated heterocycles. The summed E-state index contributed by atoms with van der Waals surface area (Å²) in [5, 5.41) is 1.83. The zero-order chi connectivity index (χ0) is 15.5. The monoisotopic (exact) mass is 318 g/mol. The van der Waals surface area contributed by atoms with Crippen LogP contribution in [0.15, 0.2) is 17.4 Å². The molecule has 0 aliphatic carbocycles. The highest BCUT2D eigenvalue weighted by Crippen LogP contribution is 2.29. The van der Waals surface area contributed by atoms with Gasteiger partial charge in [-0.3, -0.25) is 0 Å². The Labute approximate surface area is 135 Å². The maximum absolute atomic E-state index is 5.45. The van der Waals surface area contributed by atoms with E-state index in [1.807, 2.05) is 25.4 Å². The molecule has 1 aliphatic rings. The number of pyridine rings is 1. The molecular formula is C16H22N4OS. The van der Waals surface area contributed by atoms with Crippen molar-refractivity contribution in [3.63, 3.8) is 0 Å². The van der Waals surface area contributed by atoms with Gasteiger partial charge in [0.25, 0.3) is 0 Å². The fourth-order valence-electron chi connectivity index (χ4n) is 2.78. The molecule has 3 rings (SSSR count). The van der Waals surface area contributed by atoms with Gasteiger partial charge in [-0.1, -0.05) is 11.8 Å². The number of fused-ring (bicyclic) bond motifs is 1. The SMILES string of the molecule is CO[C@H](C)c1cc2cnc(SC)nc2c(N2CCCCC2)n1. The topological polar surface area (TPSA) is 51.1 Å². The average molecular weight is 318 g/mol. The summed E-state index contributed by atoms with van der Waals surface area (Å²) in [5.41, 5.74) is 1.89. The molecule has 3 heterocycles. The molecule has 0 spiro atoms. The van der Waals surface area contributed by atoms with Crippen molar-refractivity contribution < 1.29 is 4.74 Å². The molecule has 1 fully saturated rings. The first kappa shape index (κ1) is 15.5. The van der Waals surface area contributed by atoms with E-state index in [2.05, 4.69) is 9.88 Å². The van der Waals surface area contributed by atoms with Gasteiger partial charge in [0.05, 0.1) is 11.8 Å². The molecule has 0 aromatic carbocycles. The molecule has 2 aromatic heterocycles. The minimum atomic E-state index is -0.0341. The van der Waals surface area contributed by atoms with E-state index in [1.165, 1.54) is 19.3 Å². The van der Waals surface area contributed by atoms with Gasteiger partial charge >= 0.3 is 0 Å². The number of nitrogens with zero attached hydrogens (tertiary/aromatic N) is 4. The number of hydrogen-bond acceptors (Lipinski definition) is 6. The number of hydrogen-bond donors (Lipinski definition) is 0. The normalized spacial score (nSPS) is 17.0. The molecule has 1 atom stereocenters. The van der Waals surface area contributed by atoms with Gasteiger partial charge in [-0.25, -0.2) is 15.0 Å². The van der Waals surface area contributed by atoms with Crippen LogP contribution in [0.2, 0.25) is 0 Å². The van der Waals surface area contributed by atoms with Crippen molar-refractivity contribution in [2.45, 2.75) is 37.4 Å². The number of methoxy groups -OCH3 is 1. The highest BCUT2D eigenvalue weighted by atomic mass is 32.2. The van der Waals surface area contributed by atoms with E-state index < -0.39 is 0 Å². The van der Waals surface area contributed by atoms with Gasteiger partial charge in [0.15, 0.2) is 11.0 Å². The molecular weight excluding hydrogens is 296 g/mol. The fourth-order valence-corrected chi connectivity index (χ4v) is 3.12. The Balaban J connectivity index is 2.14. The Kier molecular flexibility index (Phi) is 4.78. The molecule has 0 amide bonds. The van der Waals surface area contributed by atoms with Gasteiger partial charge in [-0.15, -0.1) is 0 Å². The van der Waals surface area contributed by atoms with Crippen LogP contribution in [0.4, 0.5) is 5.82 Å². The zero-order valence-electron chi connectivity index (χ0n) is 13.4. The first-order chi connectivity index (χ1) is 10.7. The summed E-state index contributed by atoms with van der Waals surface area (Å²) in [4.78, 5) is 16.3. The Morgan fingerprint density at radius 3 is 2.68 bits per heavy atom. The van der Waals surface area contributed by atoms with Crippen LogP contribution < -0.4 is 4.90 Å². The van der Waals surface area contributed by atoms with Crippen molar-refractivity contribution in [2.24, 2.45) is 0 Å². The number of ether oxygens (including phenoxy) is 1. The molecule has 22 heavy (non-hydrogen) atoms. The maximum Gasteiger partial charge on any atom is 0.187 e. The van der Waals surface area contributed by atoms with Gasteiger partial charge in [0.1, 0.15) is 5.52 Å². The lowest BCUT2D eigenvalue weighted by atomic mass is 10.1. The van der Waals surface area contributed by atoms with Gasteiger partial charge < -0.3 is 9.64 Å². The van der Waals surface area contributed by atoms with E-state index in [-0.39, 0.29) is 6.10 Å². The second-order valence-corrected chi connectivity index (χ2v) is 6.36. The smallest absolute Gasteiger partial charge is 0.187 e. The van der Waals surface area contributed by atoms with Crippen molar-refractivity contribution >= 4 is 28.5 Å². The van der Waals surface area contributed by atoms with Crippen molar-refractivity contribution in [1.82, 2.24) is 15.0 Å². The Hall–Kier alpha value is -1.40. The predicted octanol–water partition coefficient (Wildman–Crippen LogP) is 3.44. The number of rotatable bonds is 4. The van der Waals surface area contributed by atoms with E-state index in [4.69, 9.17) is 14.7 Å². The zero-order valence-corrected chi connectivity index (χ0v) is 14.2. The fraction of sp³-hybridized carbons (Fsp3) is 0.562. The largest absolute Gasteiger partial charge is 0.375 e. The molecule has 2 aromatic rings. The molecule has 0 unspecified atom stereocenters. The first-order valence-corrected chi connectivity index (χ1v) is 8.95. The highest BCUT2D eigenvalue weighted by molar-refractivity contribution is 7.98. The van der Waals surface area contributed by atoms with E-state index in [0.717, 1.165) is 40.7 Å². The molecule has 0 N–H and O–H groups in total. The molecule has 0 bridgehead atoms. The summed E-state index contributed by atoms with van der Waals surface area (Å²) in [6.07, 6.45) is 7.59. The summed E-state index contributed by atoms with van der Waals surface area (Å²) in [6.45, 7) is 4.11. The Morgan fingerprint density at radius 2 is 2.00 bits per heavy atom. The van der Waals surface area contributed by atoms with Crippen molar-refractivity contribution in [3.8, 4) is 0 Å². The Bertz CT molecular complexity index is 658. The quantitative estimate of drug-likeness (QED) is 0.636. The van der Waals surface area contributed by atoms with Gasteiger partial charge in [0, 0.05) is 31.8 Å². The van der Waals surface area contributed by atoms with E-state index in [9.17, 15) is 0 Å². The molecule has 1 aliphatic heterocycles.